The van der Waals surface area contributed by atoms with Gasteiger partial charge in [-0.25, -0.2) is 9.59 Å². The van der Waals surface area contributed by atoms with Gasteiger partial charge in [0, 0.05) is 6.42 Å². The minimum atomic E-state index is -1.85. The predicted molar refractivity (Wildman–Crippen MR) is 116 cm³/mol. The Bertz CT molecular complexity index is 1060. The number of benzene rings is 3. The van der Waals surface area contributed by atoms with E-state index in [0.717, 1.165) is 16.7 Å². The SMILES string of the molecule is O=C1OC(Cc2ccccc2)(C(=O)OCCc2ccccc2)O/C1=C\c1ccccc1. The van der Waals surface area contributed by atoms with Crippen LogP contribution in [0.5, 0.6) is 0 Å². The molecule has 0 saturated carbocycles. The molecular weight excluding hydrogens is 392 g/mol. The molecule has 5 heteroatoms. The molecule has 1 fully saturated rings. The predicted octanol–water partition coefficient (Wildman–Crippen LogP) is 4.33. The second kappa shape index (κ2) is 9.30. The summed E-state index contributed by atoms with van der Waals surface area (Å²) in [7, 11) is 0. The Labute approximate surface area is 180 Å². The third-order valence-electron chi connectivity index (χ3n) is 4.89. The molecule has 1 atom stereocenters. The van der Waals surface area contributed by atoms with Crippen LogP contribution in [0, 0.1) is 0 Å². The van der Waals surface area contributed by atoms with Crippen molar-refractivity contribution in [2.45, 2.75) is 18.6 Å². The number of ether oxygens (including phenoxy) is 3. The van der Waals surface area contributed by atoms with E-state index in [-0.39, 0.29) is 18.8 Å². The van der Waals surface area contributed by atoms with Crippen LogP contribution >= 0.6 is 0 Å². The van der Waals surface area contributed by atoms with Crippen molar-refractivity contribution in [2.24, 2.45) is 0 Å². The fraction of sp³-hybridized carbons (Fsp3) is 0.154. The molecule has 3 aromatic carbocycles. The van der Waals surface area contributed by atoms with Crippen molar-refractivity contribution in [2.75, 3.05) is 6.61 Å². The standard InChI is InChI=1S/C26H22O5/c27-24-23(18-21-12-6-2-7-13-21)30-26(31-24,19-22-14-8-3-9-15-22)25(28)29-17-16-20-10-4-1-5-11-20/h1-15,18H,16-17,19H2/b23-18-. The lowest BCUT2D eigenvalue weighted by molar-refractivity contribution is -0.205. The van der Waals surface area contributed by atoms with Gasteiger partial charge in [0.2, 0.25) is 5.76 Å². The molecule has 5 nitrogen and oxygen atoms in total. The van der Waals surface area contributed by atoms with Gasteiger partial charge >= 0.3 is 17.7 Å². The van der Waals surface area contributed by atoms with E-state index in [2.05, 4.69) is 0 Å². The molecule has 1 aliphatic heterocycles. The van der Waals surface area contributed by atoms with E-state index in [1.165, 1.54) is 0 Å². The molecule has 0 aromatic heterocycles. The minimum absolute atomic E-state index is 0.0258. The molecule has 156 valence electrons. The Hall–Kier alpha value is -3.86. The largest absolute Gasteiger partial charge is 0.460 e. The second-order valence-corrected chi connectivity index (χ2v) is 7.20. The molecule has 0 aliphatic carbocycles. The fourth-order valence-corrected chi connectivity index (χ4v) is 3.34. The van der Waals surface area contributed by atoms with Crippen molar-refractivity contribution >= 4 is 18.0 Å². The molecule has 0 spiro atoms. The molecule has 31 heavy (non-hydrogen) atoms. The Kier molecular flexibility index (Phi) is 6.13. The van der Waals surface area contributed by atoms with Crippen LogP contribution in [-0.2, 0) is 36.6 Å². The van der Waals surface area contributed by atoms with Crippen molar-refractivity contribution in [3.8, 4) is 0 Å². The van der Waals surface area contributed by atoms with Crippen LogP contribution in [0.3, 0.4) is 0 Å². The van der Waals surface area contributed by atoms with Gasteiger partial charge in [0.05, 0.1) is 13.0 Å². The van der Waals surface area contributed by atoms with Crippen LogP contribution in [0.4, 0.5) is 0 Å². The summed E-state index contributed by atoms with van der Waals surface area (Å²) in [6.45, 7) is 0.151. The van der Waals surface area contributed by atoms with E-state index in [1.54, 1.807) is 6.08 Å². The van der Waals surface area contributed by atoms with E-state index in [9.17, 15) is 9.59 Å². The van der Waals surface area contributed by atoms with Gasteiger partial charge in [-0.05, 0) is 22.8 Å². The molecule has 1 saturated heterocycles. The first-order valence-electron chi connectivity index (χ1n) is 10.1. The third-order valence-corrected chi connectivity index (χ3v) is 4.89. The van der Waals surface area contributed by atoms with Gasteiger partial charge in [-0.3, -0.25) is 0 Å². The zero-order valence-corrected chi connectivity index (χ0v) is 16.9. The number of carbonyl (C=O) groups excluding carboxylic acids is 2. The lowest BCUT2D eigenvalue weighted by Crippen LogP contribution is -2.44. The van der Waals surface area contributed by atoms with E-state index >= 15 is 0 Å². The van der Waals surface area contributed by atoms with Gasteiger partial charge in [0.15, 0.2) is 0 Å². The molecule has 4 rings (SSSR count). The molecule has 0 amide bonds. The fourth-order valence-electron chi connectivity index (χ4n) is 3.34. The molecule has 0 N–H and O–H groups in total. The average molecular weight is 414 g/mol. The molecule has 0 radical (unpaired) electrons. The molecule has 1 heterocycles. The second-order valence-electron chi connectivity index (χ2n) is 7.20. The Morgan fingerprint density at radius 1 is 0.806 bits per heavy atom. The molecule has 3 aromatic rings. The van der Waals surface area contributed by atoms with Crippen molar-refractivity contribution < 1.29 is 23.8 Å². The Balaban J connectivity index is 1.54. The van der Waals surface area contributed by atoms with Crippen molar-refractivity contribution in [3.05, 3.63) is 113 Å². The number of cyclic esters (lactones) is 1. The average Bonchev–Trinajstić information content (AvgIpc) is 3.11. The van der Waals surface area contributed by atoms with E-state index in [0.29, 0.717) is 6.42 Å². The zero-order valence-electron chi connectivity index (χ0n) is 16.9. The van der Waals surface area contributed by atoms with Gasteiger partial charge in [0.25, 0.3) is 0 Å². The highest BCUT2D eigenvalue weighted by Crippen LogP contribution is 2.33. The molecular formula is C26H22O5. The van der Waals surface area contributed by atoms with Gasteiger partial charge in [-0.2, -0.15) is 0 Å². The third kappa shape index (κ3) is 5.01. The van der Waals surface area contributed by atoms with Crippen molar-refractivity contribution in [1.29, 1.82) is 0 Å². The Morgan fingerprint density at radius 3 is 2.03 bits per heavy atom. The number of hydrogen-bond acceptors (Lipinski definition) is 5. The maximum atomic E-state index is 13.1. The summed E-state index contributed by atoms with van der Waals surface area (Å²) in [6.07, 6.45) is 2.16. The normalized spacial score (nSPS) is 19.0. The topological polar surface area (TPSA) is 61.8 Å². The van der Waals surface area contributed by atoms with Gasteiger partial charge in [-0.1, -0.05) is 91.0 Å². The first-order valence-corrected chi connectivity index (χ1v) is 10.1. The van der Waals surface area contributed by atoms with E-state index in [1.807, 2.05) is 91.0 Å². The Morgan fingerprint density at radius 2 is 1.39 bits per heavy atom. The summed E-state index contributed by atoms with van der Waals surface area (Å²) in [5.74, 6) is -3.30. The molecule has 0 bridgehead atoms. The molecule has 1 unspecified atom stereocenters. The number of rotatable bonds is 7. The van der Waals surface area contributed by atoms with Crippen molar-refractivity contribution in [1.82, 2.24) is 0 Å². The summed E-state index contributed by atoms with van der Waals surface area (Å²) >= 11 is 0. The van der Waals surface area contributed by atoms with Gasteiger partial charge in [-0.15, -0.1) is 0 Å². The number of hydrogen-bond donors (Lipinski definition) is 0. The quantitative estimate of drug-likeness (QED) is 0.426. The monoisotopic (exact) mass is 414 g/mol. The lowest BCUT2D eigenvalue weighted by Gasteiger charge is -2.24. The summed E-state index contributed by atoms with van der Waals surface area (Å²) in [4.78, 5) is 25.6. The van der Waals surface area contributed by atoms with Crippen LogP contribution in [-0.4, -0.2) is 24.3 Å². The summed E-state index contributed by atoms with van der Waals surface area (Å²) in [6, 6.07) is 28.2. The van der Waals surface area contributed by atoms with Crippen LogP contribution in [0.2, 0.25) is 0 Å². The zero-order chi connectivity index (χ0) is 21.5. The summed E-state index contributed by atoms with van der Waals surface area (Å²) in [5, 5.41) is 0. The first-order chi connectivity index (χ1) is 15.1. The maximum Gasteiger partial charge on any atom is 0.393 e. The highest BCUT2D eigenvalue weighted by molar-refractivity contribution is 5.97. The number of carbonyl (C=O) groups is 2. The van der Waals surface area contributed by atoms with Crippen molar-refractivity contribution in [3.63, 3.8) is 0 Å². The lowest BCUT2D eigenvalue weighted by atomic mass is 10.1. The first kappa shape index (κ1) is 20.4. The van der Waals surface area contributed by atoms with E-state index in [4.69, 9.17) is 14.2 Å². The smallest absolute Gasteiger partial charge is 0.393 e. The van der Waals surface area contributed by atoms with E-state index < -0.39 is 17.7 Å². The van der Waals surface area contributed by atoms with Crippen LogP contribution in [0.1, 0.15) is 16.7 Å². The minimum Gasteiger partial charge on any atom is -0.460 e. The molecule has 1 aliphatic rings. The van der Waals surface area contributed by atoms with Gasteiger partial charge < -0.3 is 14.2 Å². The van der Waals surface area contributed by atoms with Crippen LogP contribution in [0.25, 0.3) is 6.08 Å². The summed E-state index contributed by atoms with van der Waals surface area (Å²) in [5.41, 5.74) is 2.60. The van der Waals surface area contributed by atoms with Gasteiger partial charge in [0.1, 0.15) is 0 Å². The number of esters is 2. The highest BCUT2D eigenvalue weighted by Gasteiger charge is 2.54. The van der Waals surface area contributed by atoms with Crippen LogP contribution < -0.4 is 0 Å². The maximum absolute atomic E-state index is 13.1. The highest BCUT2D eigenvalue weighted by atomic mass is 16.8. The van der Waals surface area contributed by atoms with Crippen LogP contribution in [0.15, 0.2) is 96.8 Å². The summed E-state index contributed by atoms with van der Waals surface area (Å²) < 4.78 is 16.8.